The molecule has 3 aliphatic carbocycles. The number of benzene rings is 3. The van der Waals surface area contributed by atoms with Crippen LogP contribution in [0.25, 0.3) is 0 Å². The summed E-state index contributed by atoms with van der Waals surface area (Å²) in [4.78, 5) is 65.4. The maximum absolute atomic E-state index is 14.0. The van der Waals surface area contributed by atoms with E-state index in [0.717, 1.165) is 27.2 Å². The van der Waals surface area contributed by atoms with E-state index in [-0.39, 0.29) is 23.2 Å². The summed E-state index contributed by atoms with van der Waals surface area (Å²) in [6.45, 7) is 2.75. The van der Waals surface area contributed by atoms with Crippen LogP contribution in [0, 0.1) is 27.9 Å². The fourth-order valence-corrected chi connectivity index (χ4v) is 6.77. The molecule has 10 heteroatoms. The van der Waals surface area contributed by atoms with Crippen LogP contribution >= 0.6 is 0 Å². The minimum atomic E-state index is -1.21. The molecule has 3 amide bonds. The van der Waals surface area contributed by atoms with Crippen molar-refractivity contribution in [2.45, 2.75) is 31.7 Å². The Morgan fingerprint density at radius 3 is 1.85 bits per heavy atom. The molecule has 1 heterocycles. The van der Waals surface area contributed by atoms with Gasteiger partial charge in [0.05, 0.1) is 16.8 Å². The summed E-state index contributed by atoms with van der Waals surface area (Å²) >= 11 is 0. The number of hydrogen-bond acceptors (Lipinski definition) is 7. The highest BCUT2D eigenvalue weighted by Gasteiger charge is 2.63. The first kappa shape index (κ1) is 26.4. The van der Waals surface area contributed by atoms with Crippen LogP contribution in [0.4, 0.5) is 11.4 Å². The van der Waals surface area contributed by atoms with Crippen LogP contribution in [0.1, 0.15) is 47.9 Å². The number of anilines is 1. The number of nitrogens with one attached hydrogen (secondary N) is 1. The first-order valence-corrected chi connectivity index (χ1v) is 13.4. The van der Waals surface area contributed by atoms with Gasteiger partial charge in [0.25, 0.3) is 11.6 Å². The number of ether oxygens (including phenoxy) is 1. The van der Waals surface area contributed by atoms with Crippen molar-refractivity contribution in [1.29, 1.82) is 0 Å². The van der Waals surface area contributed by atoms with E-state index in [1.165, 1.54) is 24.3 Å². The van der Waals surface area contributed by atoms with Gasteiger partial charge in [-0.05, 0) is 34.2 Å². The Morgan fingerprint density at radius 1 is 0.878 bits per heavy atom. The predicted octanol–water partition coefficient (Wildman–Crippen LogP) is 3.99. The van der Waals surface area contributed by atoms with Crippen molar-refractivity contribution in [3.8, 4) is 0 Å². The molecule has 3 aromatic rings. The van der Waals surface area contributed by atoms with Crippen molar-refractivity contribution < 1.29 is 28.8 Å². The van der Waals surface area contributed by atoms with Gasteiger partial charge >= 0.3 is 5.97 Å². The molecule has 1 fully saturated rings. The molecule has 0 radical (unpaired) electrons. The van der Waals surface area contributed by atoms with Crippen LogP contribution in [0.15, 0.2) is 72.8 Å². The summed E-state index contributed by atoms with van der Waals surface area (Å²) in [5.41, 5.74) is 4.09. The summed E-state index contributed by atoms with van der Waals surface area (Å²) in [5, 5.41) is 13.5. The van der Waals surface area contributed by atoms with Crippen LogP contribution < -0.4 is 5.32 Å². The van der Waals surface area contributed by atoms with Crippen LogP contribution in [-0.2, 0) is 23.9 Å². The second-order valence-electron chi connectivity index (χ2n) is 11.0. The molecule has 2 bridgehead atoms. The molecule has 0 aromatic heterocycles. The summed E-state index contributed by atoms with van der Waals surface area (Å²) in [7, 11) is 0. The van der Waals surface area contributed by atoms with E-state index in [1.807, 2.05) is 48.5 Å². The van der Waals surface area contributed by atoms with E-state index in [4.69, 9.17) is 4.74 Å². The number of hydrogen-bond donors (Lipinski definition) is 1. The average molecular weight is 554 g/mol. The van der Waals surface area contributed by atoms with Crippen LogP contribution in [0.2, 0.25) is 0 Å². The Labute approximate surface area is 235 Å². The molecule has 1 saturated heterocycles. The molecule has 0 spiro atoms. The van der Waals surface area contributed by atoms with E-state index in [1.54, 1.807) is 13.8 Å². The van der Waals surface area contributed by atoms with Crippen LogP contribution in [0.3, 0.4) is 0 Å². The number of imide groups is 1. The average Bonchev–Trinajstić information content (AvgIpc) is 3.22. The van der Waals surface area contributed by atoms with E-state index >= 15 is 0 Å². The number of carbonyl (C=O) groups excluding carboxylic acids is 4. The Balaban J connectivity index is 1.24. The summed E-state index contributed by atoms with van der Waals surface area (Å²) in [6.07, 6.45) is 0. The monoisotopic (exact) mass is 553 g/mol. The number of amides is 3. The van der Waals surface area contributed by atoms with Crippen LogP contribution in [-0.4, -0.2) is 46.2 Å². The standard InChI is InChI=1S/C31H27N3O7/c1-16(2)28(31(38)41-15-23(35)32-17-8-7-9-18(14-17)34(39)40)33-29(36)26-24-19-10-3-4-11-20(19)25(27(26)30(33)37)22-13-6-5-12-21(22)24/h3-14,16,24-28H,15H2,1-2H3,(H,32,35)/t24?,25?,26-,27-,28+/m0/s1. The Kier molecular flexibility index (Phi) is 6.40. The van der Waals surface area contributed by atoms with Gasteiger partial charge in [0.2, 0.25) is 11.8 Å². The first-order valence-electron chi connectivity index (χ1n) is 13.4. The summed E-state index contributed by atoms with van der Waals surface area (Å²) < 4.78 is 5.30. The number of rotatable bonds is 7. The van der Waals surface area contributed by atoms with Gasteiger partial charge in [0.1, 0.15) is 6.04 Å². The number of carbonyl (C=O) groups is 4. The molecule has 7 rings (SSSR count). The molecular weight excluding hydrogens is 526 g/mol. The SMILES string of the molecule is CC(C)[C@H](C(=O)OCC(=O)Nc1cccc([N+](=O)[O-])c1)N1C(=O)[C@H]2C3c4ccccc4C(c4ccccc43)[C@@H]2C1=O. The molecule has 41 heavy (non-hydrogen) atoms. The molecule has 10 nitrogen and oxygen atoms in total. The zero-order valence-electron chi connectivity index (χ0n) is 22.4. The third kappa shape index (κ3) is 4.18. The number of non-ortho nitro benzene ring substituents is 1. The molecule has 1 aliphatic heterocycles. The van der Waals surface area contributed by atoms with Crippen molar-refractivity contribution in [3.05, 3.63) is 105 Å². The fraction of sp³-hybridized carbons (Fsp3) is 0.290. The van der Waals surface area contributed by atoms with Gasteiger partial charge in [-0.3, -0.25) is 29.4 Å². The minimum Gasteiger partial charge on any atom is -0.454 e. The molecular formula is C31H27N3O7. The van der Waals surface area contributed by atoms with E-state index in [9.17, 15) is 29.3 Å². The topological polar surface area (TPSA) is 136 Å². The predicted molar refractivity (Wildman–Crippen MR) is 147 cm³/mol. The minimum absolute atomic E-state index is 0.171. The van der Waals surface area contributed by atoms with Crippen molar-refractivity contribution in [2.75, 3.05) is 11.9 Å². The smallest absolute Gasteiger partial charge is 0.330 e. The Bertz CT molecular complexity index is 1500. The lowest BCUT2D eigenvalue weighted by molar-refractivity contribution is -0.384. The van der Waals surface area contributed by atoms with E-state index < -0.39 is 59.0 Å². The van der Waals surface area contributed by atoms with Gasteiger partial charge in [-0.2, -0.15) is 0 Å². The Hall–Kier alpha value is -4.86. The van der Waals surface area contributed by atoms with Crippen molar-refractivity contribution in [2.24, 2.45) is 17.8 Å². The van der Waals surface area contributed by atoms with Crippen molar-refractivity contribution in [1.82, 2.24) is 4.90 Å². The fourth-order valence-electron chi connectivity index (χ4n) is 6.77. The first-order chi connectivity index (χ1) is 19.7. The van der Waals surface area contributed by atoms with Gasteiger partial charge in [0.15, 0.2) is 6.61 Å². The maximum atomic E-state index is 14.0. The van der Waals surface area contributed by atoms with Gasteiger partial charge < -0.3 is 10.1 Å². The maximum Gasteiger partial charge on any atom is 0.330 e. The van der Waals surface area contributed by atoms with Gasteiger partial charge in [0, 0.05) is 29.7 Å². The second-order valence-corrected chi connectivity index (χ2v) is 11.0. The lowest BCUT2D eigenvalue weighted by Crippen LogP contribution is -2.49. The largest absolute Gasteiger partial charge is 0.454 e. The lowest BCUT2D eigenvalue weighted by atomic mass is 9.55. The lowest BCUT2D eigenvalue weighted by Gasteiger charge is -2.45. The van der Waals surface area contributed by atoms with Crippen LogP contribution in [0.5, 0.6) is 0 Å². The molecule has 1 N–H and O–H groups in total. The highest BCUT2D eigenvalue weighted by Crippen LogP contribution is 2.61. The van der Waals surface area contributed by atoms with Gasteiger partial charge in [-0.25, -0.2) is 4.79 Å². The summed E-state index contributed by atoms with van der Waals surface area (Å²) in [6, 6.07) is 19.9. The zero-order valence-corrected chi connectivity index (χ0v) is 22.4. The van der Waals surface area contributed by atoms with Gasteiger partial charge in [-0.1, -0.05) is 68.4 Å². The number of esters is 1. The second kappa shape index (κ2) is 9.96. The number of nitrogens with zero attached hydrogens (tertiary/aromatic N) is 2. The summed E-state index contributed by atoms with van der Waals surface area (Å²) in [5.74, 6) is -4.74. The highest BCUT2D eigenvalue weighted by molar-refractivity contribution is 6.10. The molecule has 0 saturated carbocycles. The number of nitro benzene ring substituents is 1. The van der Waals surface area contributed by atoms with E-state index in [0.29, 0.717) is 0 Å². The number of likely N-dealkylation sites (tertiary alicyclic amines) is 1. The van der Waals surface area contributed by atoms with E-state index in [2.05, 4.69) is 5.32 Å². The quantitative estimate of drug-likeness (QED) is 0.202. The number of nitro groups is 1. The molecule has 0 unspecified atom stereocenters. The zero-order chi connectivity index (χ0) is 29.0. The Morgan fingerprint density at radius 2 is 1.39 bits per heavy atom. The molecule has 208 valence electrons. The van der Waals surface area contributed by atoms with Crippen molar-refractivity contribution >= 4 is 35.1 Å². The molecule has 4 aliphatic rings. The third-order valence-electron chi connectivity index (χ3n) is 8.32. The third-order valence-corrected chi connectivity index (χ3v) is 8.32. The highest BCUT2D eigenvalue weighted by atomic mass is 16.6. The molecule has 3 atom stereocenters. The van der Waals surface area contributed by atoms with Crippen molar-refractivity contribution in [3.63, 3.8) is 0 Å². The molecule has 3 aromatic carbocycles. The normalized spacial score (nSPS) is 22.6. The van der Waals surface area contributed by atoms with Gasteiger partial charge in [-0.15, -0.1) is 0 Å².